The molecule has 0 heterocycles. The van der Waals surface area contributed by atoms with Gasteiger partial charge in [-0.1, -0.05) is 0 Å². The standard InChI is InChI=1S/C4H7INO2/c1-3(7)6-4(8)5-2/h1-2H3,(H,6,7,8)/q-1. The average Bonchev–Trinajstić information content (AvgIpc) is 1.65. The second-order valence-corrected chi connectivity index (χ2v) is 3.20. The van der Waals surface area contributed by atoms with Crippen molar-refractivity contribution in [3.63, 3.8) is 0 Å². The molecule has 4 heteroatoms. The monoisotopic (exact) mass is 228 g/mol. The third-order valence-corrected chi connectivity index (χ3v) is 1.70. The predicted octanol–water partition coefficient (Wildman–Crippen LogP) is -3.04. The van der Waals surface area contributed by atoms with E-state index >= 15 is 0 Å². The number of nitrogens with one attached hydrogen (secondary N) is 1. The van der Waals surface area contributed by atoms with Crippen molar-refractivity contribution in [1.82, 2.24) is 5.32 Å². The van der Waals surface area contributed by atoms with E-state index in [1.165, 1.54) is 6.92 Å². The van der Waals surface area contributed by atoms with Crippen molar-refractivity contribution in [3.05, 3.63) is 0 Å². The van der Waals surface area contributed by atoms with Crippen LogP contribution in [-0.2, 0) is 4.79 Å². The van der Waals surface area contributed by atoms with Gasteiger partial charge in [-0.3, -0.25) is 0 Å². The van der Waals surface area contributed by atoms with Crippen molar-refractivity contribution in [2.75, 3.05) is 4.93 Å². The van der Waals surface area contributed by atoms with Gasteiger partial charge in [-0.25, -0.2) is 0 Å². The molecule has 48 valence electrons. The SMILES string of the molecule is C[I-]C(=O)NC(C)=O. The van der Waals surface area contributed by atoms with Crippen LogP contribution in [0.4, 0.5) is 4.79 Å². The van der Waals surface area contributed by atoms with Crippen LogP contribution >= 0.6 is 0 Å². The van der Waals surface area contributed by atoms with Gasteiger partial charge in [0.1, 0.15) is 0 Å². The quantitative estimate of drug-likeness (QED) is 0.224. The number of carbonyl (C=O) groups excluding carboxylic acids is 2. The van der Waals surface area contributed by atoms with Gasteiger partial charge in [0.05, 0.1) is 0 Å². The Kier molecular flexibility index (Phi) is 3.76. The zero-order valence-electron chi connectivity index (χ0n) is 4.69. The maximum atomic E-state index is 10.3. The Balaban J connectivity index is 3.40. The van der Waals surface area contributed by atoms with Crippen LogP contribution in [0.25, 0.3) is 0 Å². The summed E-state index contributed by atoms with van der Waals surface area (Å²) in [4.78, 5) is 22.2. The molecule has 0 saturated heterocycles. The van der Waals surface area contributed by atoms with Crippen LogP contribution in [0, 0.1) is 0 Å². The molecule has 0 fully saturated rings. The number of rotatable bonds is 1. The molecular formula is C4H7INO2-. The fourth-order valence-electron chi connectivity index (χ4n) is 0.186. The molecule has 2 amide bonds. The molecule has 0 rings (SSSR count). The predicted molar refractivity (Wildman–Crippen MR) is 25.1 cm³/mol. The first-order valence-corrected chi connectivity index (χ1v) is 5.21. The third kappa shape index (κ3) is 4.04. The Hall–Kier alpha value is -0.130. The van der Waals surface area contributed by atoms with E-state index in [0.29, 0.717) is 0 Å². The number of carbonyl (C=O) groups is 2. The van der Waals surface area contributed by atoms with E-state index in [0.717, 1.165) is 0 Å². The Morgan fingerprint density at radius 2 is 2.00 bits per heavy atom. The fourth-order valence-corrected chi connectivity index (χ4v) is 0.835. The Morgan fingerprint density at radius 1 is 1.50 bits per heavy atom. The van der Waals surface area contributed by atoms with Gasteiger partial charge in [-0.15, -0.1) is 0 Å². The molecule has 0 aromatic carbocycles. The molecule has 0 aliphatic heterocycles. The van der Waals surface area contributed by atoms with Gasteiger partial charge in [0.2, 0.25) is 0 Å². The van der Waals surface area contributed by atoms with Gasteiger partial charge in [-0.05, 0) is 0 Å². The van der Waals surface area contributed by atoms with Crippen molar-refractivity contribution in [2.24, 2.45) is 0 Å². The van der Waals surface area contributed by atoms with Crippen molar-refractivity contribution in [3.8, 4) is 0 Å². The summed E-state index contributed by atoms with van der Waals surface area (Å²) < 4.78 is -0.115. The summed E-state index contributed by atoms with van der Waals surface area (Å²) in [5, 5.41) is 2.16. The molecule has 8 heavy (non-hydrogen) atoms. The molecule has 0 aliphatic rings. The van der Waals surface area contributed by atoms with Crippen molar-refractivity contribution < 1.29 is 30.8 Å². The summed E-state index contributed by atoms with van der Waals surface area (Å²) in [7, 11) is 0. The first-order valence-electron chi connectivity index (χ1n) is 1.98. The van der Waals surface area contributed by atoms with Crippen molar-refractivity contribution in [2.45, 2.75) is 6.92 Å². The zero-order valence-corrected chi connectivity index (χ0v) is 6.85. The molecule has 0 radical (unpaired) electrons. The number of alkyl halides is 1. The summed E-state index contributed by atoms with van der Waals surface area (Å²) in [5.74, 6) is -0.267. The molecule has 0 unspecified atom stereocenters. The topological polar surface area (TPSA) is 46.2 Å². The van der Waals surface area contributed by atoms with Crippen molar-refractivity contribution in [1.29, 1.82) is 0 Å². The van der Waals surface area contributed by atoms with Gasteiger partial charge in [0.25, 0.3) is 0 Å². The summed E-state index contributed by atoms with van der Waals surface area (Å²) >= 11 is -0.460. The minimum atomic E-state index is -0.460. The first-order chi connectivity index (χ1) is 3.66. The Bertz CT molecular complexity index is 113. The first kappa shape index (κ1) is 7.87. The molecule has 0 saturated carbocycles. The summed E-state index contributed by atoms with van der Waals surface area (Å²) in [5.41, 5.74) is 0. The maximum absolute atomic E-state index is 10.3. The molecule has 1 N–H and O–H groups in total. The zero-order chi connectivity index (χ0) is 6.57. The molecular weight excluding hydrogens is 221 g/mol. The Morgan fingerprint density at radius 3 is 2.12 bits per heavy atom. The second-order valence-electron chi connectivity index (χ2n) is 1.14. The van der Waals surface area contributed by atoms with Crippen LogP contribution in [0.1, 0.15) is 6.92 Å². The minimum absolute atomic E-state index is 0.115. The van der Waals surface area contributed by atoms with Gasteiger partial charge in [-0.2, -0.15) is 0 Å². The summed E-state index contributed by atoms with van der Waals surface area (Å²) in [6.07, 6.45) is 0. The van der Waals surface area contributed by atoms with Crippen LogP contribution in [0.3, 0.4) is 0 Å². The van der Waals surface area contributed by atoms with Crippen LogP contribution in [-0.4, -0.2) is 14.8 Å². The summed E-state index contributed by atoms with van der Waals surface area (Å²) in [6, 6.07) is 0. The second kappa shape index (κ2) is 3.82. The molecule has 0 spiro atoms. The third-order valence-electron chi connectivity index (χ3n) is 0.446. The van der Waals surface area contributed by atoms with Gasteiger partial charge < -0.3 is 0 Å². The number of amides is 2. The molecule has 0 atom stereocenters. The van der Waals surface area contributed by atoms with E-state index < -0.39 is 21.2 Å². The molecule has 0 aromatic rings. The molecule has 0 aliphatic carbocycles. The number of hydrogen-bond donors (Lipinski definition) is 1. The Labute approximate surface area is 58.1 Å². The average molecular weight is 228 g/mol. The number of imide groups is 1. The summed E-state index contributed by atoms with van der Waals surface area (Å²) in [6.45, 7) is 1.33. The fraction of sp³-hybridized carbons (Fsp3) is 0.500. The van der Waals surface area contributed by atoms with E-state index in [1.807, 2.05) is 0 Å². The molecule has 3 nitrogen and oxygen atoms in total. The van der Waals surface area contributed by atoms with Crippen LogP contribution in [0.2, 0.25) is 0 Å². The van der Waals surface area contributed by atoms with Gasteiger partial charge in [0, 0.05) is 0 Å². The number of hydrogen-bond acceptors (Lipinski definition) is 2. The van der Waals surface area contributed by atoms with Gasteiger partial charge >= 0.3 is 57.8 Å². The van der Waals surface area contributed by atoms with Crippen LogP contribution in [0.5, 0.6) is 0 Å². The van der Waals surface area contributed by atoms with Crippen molar-refractivity contribution >= 4 is 9.82 Å². The van der Waals surface area contributed by atoms with E-state index in [4.69, 9.17) is 0 Å². The van der Waals surface area contributed by atoms with Gasteiger partial charge in [0.15, 0.2) is 0 Å². The molecule has 0 aromatic heterocycles. The normalized spacial score (nSPS) is 8.75. The molecule has 0 bridgehead atoms. The van der Waals surface area contributed by atoms with E-state index in [-0.39, 0.29) is 9.82 Å². The van der Waals surface area contributed by atoms with E-state index in [2.05, 4.69) is 5.32 Å². The van der Waals surface area contributed by atoms with Crippen LogP contribution in [0.15, 0.2) is 0 Å². The van der Waals surface area contributed by atoms with E-state index in [9.17, 15) is 9.59 Å². The van der Waals surface area contributed by atoms with E-state index in [1.54, 1.807) is 4.93 Å². The van der Waals surface area contributed by atoms with Crippen LogP contribution < -0.4 is 26.5 Å². The number of halogens is 1.